The molecule has 210 valence electrons. The molecule has 0 aliphatic heterocycles. The zero-order chi connectivity index (χ0) is 28.9. The van der Waals surface area contributed by atoms with E-state index in [1.165, 1.54) is 37.7 Å². The van der Waals surface area contributed by atoms with E-state index in [1.807, 2.05) is 6.92 Å². The van der Waals surface area contributed by atoms with Crippen molar-refractivity contribution in [2.45, 2.75) is 43.5 Å². The summed E-state index contributed by atoms with van der Waals surface area (Å²) in [5.74, 6) is -0.702. The number of halogens is 1. The van der Waals surface area contributed by atoms with Crippen molar-refractivity contribution in [3.8, 4) is 17.3 Å². The summed E-state index contributed by atoms with van der Waals surface area (Å²) in [7, 11) is -2.74. The Morgan fingerprint density at radius 1 is 1.12 bits per heavy atom. The number of pyridine rings is 1. The maximum Gasteiger partial charge on any atom is 0.311 e. The average Bonchev–Trinajstić information content (AvgIpc) is 3.37. The third-order valence-electron chi connectivity index (χ3n) is 8.31. The minimum absolute atomic E-state index is 0.00525. The fourth-order valence-corrected chi connectivity index (χ4v) is 7.59. The van der Waals surface area contributed by atoms with Gasteiger partial charge in [0.1, 0.15) is 11.9 Å². The Balaban J connectivity index is 1.47. The van der Waals surface area contributed by atoms with Crippen LogP contribution in [-0.2, 0) is 19.6 Å². The van der Waals surface area contributed by atoms with Gasteiger partial charge in [-0.25, -0.2) is 31.7 Å². The number of carbonyl (C=O) groups excluding carboxylic acids is 1. The van der Waals surface area contributed by atoms with E-state index in [2.05, 4.69) is 26.3 Å². The van der Waals surface area contributed by atoms with E-state index in [-0.39, 0.29) is 68.5 Å². The number of carbonyl (C=O) groups is 1. The first-order valence-electron chi connectivity index (χ1n) is 13.3. The number of aryl methyl sites for hydroxylation is 1. The summed E-state index contributed by atoms with van der Waals surface area (Å²) >= 11 is 0. The number of nitriles is 1. The second kappa shape index (κ2) is 10.2. The Hall–Kier alpha value is -4.37. The molecule has 0 radical (unpaired) electrons. The largest absolute Gasteiger partial charge is 0.469 e. The van der Waals surface area contributed by atoms with Crippen LogP contribution in [0, 0.1) is 41.8 Å². The first-order valence-corrected chi connectivity index (χ1v) is 14.8. The second-order valence-electron chi connectivity index (χ2n) is 10.6. The first kappa shape index (κ1) is 26.8. The van der Waals surface area contributed by atoms with Crippen LogP contribution in [0.4, 0.5) is 10.3 Å². The lowest BCUT2D eigenvalue weighted by molar-refractivity contribution is -0.152. The van der Waals surface area contributed by atoms with E-state index >= 15 is 0 Å². The summed E-state index contributed by atoms with van der Waals surface area (Å²) in [6.07, 6.45) is 7.42. The van der Waals surface area contributed by atoms with Crippen LogP contribution in [-0.4, -0.2) is 46.5 Å². The fourth-order valence-electron chi connectivity index (χ4n) is 6.27. The highest BCUT2D eigenvalue weighted by Gasteiger charge is 2.48. The lowest BCUT2D eigenvalue weighted by Gasteiger charge is -2.47. The average molecular weight is 575 g/mol. The van der Waals surface area contributed by atoms with E-state index in [1.54, 1.807) is 12.1 Å². The summed E-state index contributed by atoms with van der Waals surface area (Å²) in [6, 6.07) is 9.31. The molecule has 0 saturated heterocycles. The minimum atomic E-state index is -4.12. The van der Waals surface area contributed by atoms with Gasteiger partial charge in [0.15, 0.2) is 5.65 Å². The standard InChI is InChI=1S/C29H27FN6O4S/c1-16-3-9-21(10-4-16)41(38,39)36-15-23(22-11-20(30)14-32-27(22)36)25-19(12-31)13-33-29(34-25)35-26-18-7-5-17(6-8-18)24(26)28(37)40-2/h3-4,9-11,13-15,17-18,24,26H,5-8H2,1-2H3,(H,33,34,35)/t17?,18?,24-,26-/m0/s1. The molecule has 12 heteroatoms. The smallest absolute Gasteiger partial charge is 0.311 e. The molecule has 3 aliphatic rings. The van der Waals surface area contributed by atoms with Crippen LogP contribution in [0.15, 0.2) is 53.8 Å². The monoisotopic (exact) mass is 574 g/mol. The number of fused-ring (bicyclic) bond motifs is 4. The van der Waals surface area contributed by atoms with Gasteiger partial charge < -0.3 is 10.1 Å². The molecular weight excluding hydrogens is 547 g/mol. The molecule has 0 amide bonds. The number of hydrogen-bond donors (Lipinski definition) is 1. The molecule has 0 spiro atoms. The van der Waals surface area contributed by atoms with Crippen LogP contribution in [0.2, 0.25) is 0 Å². The molecule has 1 N–H and O–H groups in total. The van der Waals surface area contributed by atoms with E-state index in [9.17, 15) is 22.9 Å². The number of esters is 1. The molecule has 3 heterocycles. The predicted octanol–water partition coefficient (Wildman–Crippen LogP) is 4.44. The number of anilines is 1. The van der Waals surface area contributed by atoms with Crippen molar-refractivity contribution in [3.63, 3.8) is 0 Å². The quantitative estimate of drug-likeness (QED) is 0.331. The summed E-state index contributed by atoms with van der Waals surface area (Å²) in [4.78, 5) is 25.8. The molecule has 3 aromatic heterocycles. The molecule has 3 fully saturated rings. The van der Waals surface area contributed by atoms with Gasteiger partial charge in [0.2, 0.25) is 5.95 Å². The molecule has 41 heavy (non-hydrogen) atoms. The van der Waals surface area contributed by atoms with Crippen LogP contribution < -0.4 is 5.32 Å². The molecule has 3 saturated carbocycles. The van der Waals surface area contributed by atoms with Crippen LogP contribution in [0.25, 0.3) is 22.3 Å². The van der Waals surface area contributed by atoms with Crippen molar-refractivity contribution in [1.29, 1.82) is 5.26 Å². The zero-order valence-electron chi connectivity index (χ0n) is 22.4. The molecule has 1 aromatic carbocycles. The van der Waals surface area contributed by atoms with E-state index in [4.69, 9.17) is 4.74 Å². The maximum atomic E-state index is 14.4. The third kappa shape index (κ3) is 4.60. The van der Waals surface area contributed by atoms with Gasteiger partial charge in [-0.1, -0.05) is 17.7 Å². The summed E-state index contributed by atoms with van der Waals surface area (Å²) in [5, 5.41) is 13.4. The molecular formula is C29H27FN6O4S. The molecule has 10 nitrogen and oxygen atoms in total. The molecule has 2 bridgehead atoms. The van der Waals surface area contributed by atoms with E-state index in [0.29, 0.717) is 0 Å². The molecule has 4 aromatic rings. The number of benzene rings is 1. The number of methoxy groups -OCH3 is 1. The Kier molecular flexibility index (Phi) is 6.69. The normalized spacial score (nSPS) is 21.9. The highest BCUT2D eigenvalue weighted by Crippen LogP contribution is 2.46. The summed E-state index contributed by atoms with van der Waals surface area (Å²) in [6.45, 7) is 1.85. The highest BCUT2D eigenvalue weighted by molar-refractivity contribution is 7.90. The molecule has 3 aliphatic carbocycles. The van der Waals surface area contributed by atoms with Gasteiger partial charge in [0, 0.05) is 23.2 Å². The molecule has 0 unspecified atom stereocenters. The summed E-state index contributed by atoms with van der Waals surface area (Å²) in [5.41, 5.74) is 1.29. The number of nitrogens with one attached hydrogen (secondary N) is 1. The van der Waals surface area contributed by atoms with Crippen molar-refractivity contribution in [3.05, 3.63) is 65.9 Å². The lowest BCUT2D eigenvalue weighted by atomic mass is 9.61. The number of rotatable bonds is 6. The van der Waals surface area contributed by atoms with Crippen LogP contribution in [0.3, 0.4) is 0 Å². The summed E-state index contributed by atoms with van der Waals surface area (Å²) < 4.78 is 47.8. The first-order chi connectivity index (χ1) is 19.7. The lowest BCUT2D eigenvalue weighted by Crippen LogP contribution is -2.52. The number of ether oxygens (including phenoxy) is 1. The fraction of sp³-hybridized carbons (Fsp3) is 0.345. The van der Waals surface area contributed by atoms with Crippen LogP contribution >= 0.6 is 0 Å². The highest BCUT2D eigenvalue weighted by atomic mass is 32.2. The van der Waals surface area contributed by atoms with Crippen molar-refractivity contribution >= 4 is 33.0 Å². The second-order valence-corrected chi connectivity index (χ2v) is 12.5. The number of hydrogen-bond acceptors (Lipinski definition) is 9. The van der Waals surface area contributed by atoms with E-state index < -0.39 is 15.8 Å². The van der Waals surface area contributed by atoms with E-state index in [0.717, 1.165) is 41.4 Å². The molecule has 2 atom stereocenters. The van der Waals surface area contributed by atoms with Gasteiger partial charge >= 0.3 is 5.97 Å². The van der Waals surface area contributed by atoms with Crippen molar-refractivity contribution in [1.82, 2.24) is 18.9 Å². The van der Waals surface area contributed by atoms with Crippen molar-refractivity contribution in [2.75, 3.05) is 12.4 Å². The predicted molar refractivity (Wildman–Crippen MR) is 148 cm³/mol. The Bertz CT molecular complexity index is 1810. The Morgan fingerprint density at radius 3 is 2.51 bits per heavy atom. The number of aromatic nitrogens is 4. The van der Waals surface area contributed by atoms with Gasteiger partial charge in [-0.15, -0.1) is 0 Å². The van der Waals surface area contributed by atoms with Crippen LogP contribution in [0.1, 0.15) is 36.8 Å². The Labute approximate surface area is 236 Å². The maximum absolute atomic E-state index is 14.4. The zero-order valence-corrected chi connectivity index (χ0v) is 23.2. The van der Waals surface area contributed by atoms with Crippen molar-refractivity contribution < 1.29 is 22.3 Å². The van der Waals surface area contributed by atoms with Gasteiger partial charge in [0.05, 0.1) is 41.6 Å². The third-order valence-corrected chi connectivity index (χ3v) is 9.97. The SMILES string of the molecule is COC(=O)[C@H]1C2CCC(CC2)[C@@H]1Nc1ncc(C#N)c(-c2cn(S(=O)(=O)c3ccc(C)cc3)c3ncc(F)cc23)n1. The molecule has 7 rings (SSSR count). The minimum Gasteiger partial charge on any atom is -0.469 e. The Morgan fingerprint density at radius 2 is 1.83 bits per heavy atom. The topological polar surface area (TPSA) is 140 Å². The van der Waals surface area contributed by atoms with Crippen molar-refractivity contribution in [2.24, 2.45) is 17.8 Å². The van der Waals surface area contributed by atoms with Gasteiger partial charge in [-0.05, 0) is 62.6 Å². The van der Waals surface area contributed by atoms with Crippen LogP contribution in [0.5, 0.6) is 0 Å². The number of nitrogens with zero attached hydrogens (tertiary/aromatic N) is 5. The van der Waals surface area contributed by atoms with Gasteiger partial charge in [-0.3, -0.25) is 4.79 Å². The van der Waals surface area contributed by atoms with Gasteiger partial charge in [-0.2, -0.15) is 5.26 Å². The van der Waals surface area contributed by atoms with Gasteiger partial charge in [0.25, 0.3) is 10.0 Å².